The molecule has 2 heterocycles. The average Bonchev–Trinajstić information content (AvgIpc) is 2.84. The van der Waals surface area contributed by atoms with E-state index in [1.54, 1.807) is 4.90 Å². The summed E-state index contributed by atoms with van der Waals surface area (Å²) in [6.07, 6.45) is -0.948. The molecule has 1 aliphatic carbocycles. The fraction of sp³-hybridized carbons (Fsp3) is 0.611. The molecule has 3 fully saturated rings. The van der Waals surface area contributed by atoms with Crippen LogP contribution in [0.1, 0.15) is 43.0 Å². The van der Waals surface area contributed by atoms with Crippen molar-refractivity contribution in [3.05, 3.63) is 28.5 Å². The van der Waals surface area contributed by atoms with Gasteiger partial charge in [-0.05, 0) is 0 Å². The summed E-state index contributed by atoms with van der Waals surface area (Å²) >= 11 is 5.24. The van der Waals surface area contributed by atoms with E-state index in [0.29, 0.717) is 13.0 Å². The molecule has 0 amide bonds. The van der Waals surface area contributed by atoms with E-state index < -0.39 is 45.9 Å². The number of piperidine rings is 1. The van der Waals surface area contributed by atoms with Gasteiger partial charge in [0.25, 0.3) is 0 Å². The Morgan fingerprint density at radius 1 is 1.33 bits per heavy atom. The van der Waals surface area contributed by atoms with Crippen molar-refractivity contribution in [2.45, 2.75) is 48.7 Å². The van der Waals surface area contributed by atoms with E-state index in [-0.39, 0.29) is 32.2 Å². The monoisotopic (exact) mass is 520 g/mol. The van der Waals surface area contributed by atoms with E-state index in [1.165, 1.54) is 13.0 Å². The molecule has 9 heteroatoms. The van der Waals surface area contributed by atoms with Gasteiger partial charge in [0.05, 0.1) is 0 Å². The van der Waals surface area contributed by atoms with E-state index in [0.717, 1.165) is 25.3 Å². The predicted octanol–water partition coefficient (Wildman–Crippen LogP) is 1.87. The van der Waals surface area contributed by atoms with Crippen molar-refractivity contribution in [3.8, 4) is 5.75 Å². The summed E-state index contributed by atoms with van der Waals surface area (Å²) in [4.78, 5) is 12.9. The number of hydrogen-bond donors (Lipinski definition) is 0. The maximum absolute atomic E-state index is 14.0. The summed E-state index contributed by atoms with van der Waals surface area (Å²) in [6.45, 7) is 0.882. The average molecular weight is 521 g/mol. The fourth-order valence-corrected chi connectivity index (χ4v) is 6.91. The molecule has 0 radical (unpaired) electrons. The van der Waals surface area contributed by atoms with Crippen molar-refractivity contribution in [3.63, 3.8) is 0 Å². The van der Waals surface area contributed by atoms with Crippen LogP contribution in [0, 0.1) is 11.7 Å². The Morgan fingerprint density at radius 2 is 2.07 bits per heavy atom. The summed E-state index contributed by atoms with van der Waals surface area (Å²) in [7, 11) is 0. The fourth-order valence-electron chi connectivity index (χ4n) is 3.86. The molecule has 0 aromatic heterocycles. The number of nitrogens with zero attached hydrogens (tertiary/aromatic N) is 1. The molecule has 3 atom stereocenters. The summed E-state index contributed by atoms with van der Waals surface area (Å²) in [5, 5.41) is 0.177. The third kappa shape index (κ3) is 5.47. The molecule has 0 N–H and O–H groups in total. The van der Waals surface area contributed by atoms with Crippen LogP contribution in [-0.2, 0) is 0 Å². The van der Waals surface area contributed by atoms with Gasteiger partial charge in [0, 0.05) is 0 Å². The number of ketones is 1. The summed E-state index contributed by atoms with van der Waals surface area (Å²) in [5.41, 5.74) is -0.0825. The zero-order valence-corrected chi connectivity index (χ0v) is 17.6. The van der Waals surface area contributed by atoms with Gasteiger partial charge in [-0.15, -0.1) is 0 Å². The second kappa shape index (κ2) is 8.41. The molecule has 27 heavy (non-hydrogen) atoms. The maximum atomic E-state index is 14.0. The topological polar surface area (TPSA) is 29.5 Å². The van der Waals surface area contributed by atoms with Gasteiger partial charge in [0.2, 0.25) is 0 Å². The molecule has 152 valence electrons. The number of rotatable bonds is 5. The Morgan fingerprint density at radius 3 is 2.74 bits per heavy atom. The SMILES string of the molecule is CC(=O)c1cc(Cl)c(O[I-][C@@H]2C[C@@H]3CC[C@@H](C2)N(CC(F)(F)F)C3)cc1F. The Kier molecular flexibility index (Phi) is 6.57. The molecule has 1 aromatic rings. The number of alkyl halides is 4. The number of benzene rings is 1. The molecular weight excluding hydrogens is 501 g/mol. The molecule has 3 nitrogen and oxygen atoms in total. The van der Waals surface area contributed by atoms with Crippen LogP contribution in [0.25, 0.3) is 0 Å². The molecule has 0 unspecified atom stereocenters. The number of hydrogen-bond acceptors (Lipinski definition) is 3. The van der Waals surface area contributed by atoms with Crippen molar-refractivity contribution in [2.75, 3.05) is 13.1 Å². The Bertz CT molecular complexity index is 715. The number of fused-ring (bicyclic) bond motifs is 4. The molecule has 2 bridgehead atoms. The number of carbonyl (C=O) groups is 1. The van der Waals surface area contributed by atoms with Gasteiger partial charge in [-0.25, -0.2) is 0 Å². The van der Waals surface area contributed by atoms with Gasteiger partial charge in [-0.2, -0.15) is 0 Å². The van der Waals surface area contributed by atoms with E-state index in [2.05, 4.69) is 0 Å². The van der Waals surface area contributed by atoms with Crippen molar-refractivity contribution >= 4 is 17.4 Å². The van der Waals surface area contributed by atoms with Crippen LogP contribution in [0.15, 0.2) is 12.1 Å². The minimum atomic E-state index is -4.19. The van der Waals surface area contributed by atoms with Gasteiger partial charge in [0.15, 0.2) is 0 Å². The minimum absolute atomic E-state index is 0.0778. The molecule has 1 saturated carbocycles. The second-order valence-corrected chi connectivity index (χ2v) is 10.3. The van der Waals surface area contributed by atoms with E-state index in [4.69, 9.17) is 14.7 Å². The van der Waals surface area contributed by atoms with E-state index in [1.807, 2.05) is 0 Å². The molecule has 3 aliphatic rings. The van der Waals surface area contributed by atoms with Crippen LogP contribution in [0.3, 0.4) is 0 Å². The first-order valence-electron chi connectivity index (χ1n) is 8.73. The van der Waals surface area contributed by atoms with Gasteiger partial charge in [0.1, 0.15) is 0 Å². The van der Waals surface area contributed by atoms with Crippen LogP contribution in [0.4, 0.5) is 17.6 Å². The molecule has 2 aliphatic heterocycles. The normalized spacial score (nSPS) is 26.2. The zero-order chi connectivity index (χ0) is 19.8. The van der Waals surface area contributed by atoms with Gasteiger partial charge >= 0.3 is 171 Å². The quantitative estimate of drug-likeness (QED) is 0.257. The van der Waals surface area contributed by atoms with Gasteiger partial charge < -0.3 is 0 Å². The molecule has 4 rings (SSSR count). The van der Waals surface area contributed by atoms with Crippen molar-refractivity contribution in [1.82, 2.24) is 4.90 Å². The molecule has 1 aromatic carbocycles. The van der Waals surface area contributed by atoms with Crippen molar-refractivity contribution in [2.24, 2.45) is 5.92 Å². The van der Waals surface area contributed by atoms with Crippen LogP contribution >= 0.6 is 11.6 Å². The van der Waals surface area contributed by atoms with Crippen LogP contribution in [-0.4, -0.2) is 39.9 Å². The standard InChI is InChI=1S/C18H20ClF4INO2/c1-10(26)14-6-15(19)17(7-16(14)20)27-24-12-4-11-2-3-13(5-12)25(8-11)9-18(21,22)23/h6-7,11-13H,2-5,8-9H2,1H3/q-1/t11-,12+,13-/m0/s1. The van der Waals surface area contributed by atoms with Crippen molar-refractivity contribution < 1.29 is 47.0 Å². The van der Waals surface area contributed by atoms with E-state index in [9.17, 15) is 22.4 Å². The third-order valence-corrected chi connectivity index (χ3v) is 7.83. The Balaban J connectivity index is 1.64. The zero-order valence-electron chi connectivity index (χ0n) is 14.7. The summed E-state index contributed by atoms with van der Waals surface area (Å²) < 4.78 is 58.4. The first kappa shape index (κ1) is 21.1. The number of Topliss-reactive ketones (excluding diaryl/α,β-unsaturated/α-hetero) is 1. The van der Waals surface area contributed by atoms with E-state index >= 15 is 0 Å². The summed E-state index contributed by atoms with van der Waals surface area (Å²) in [6, 6.07) is 2.31. The Hall–Kier alpha value is -0.610. The Labute approximate surface area is 171 Å². The molecular formula is C18H20ClF4INO2-. The third-order valence-electron chi connectivity index (χ3n) is 5.07. The number of halogens is 6. The van der Waals surface area contributed by atoms with Gasteiger partial charge in [-0.3, -0.25) is 0 Å². The van der Waals surface area contributed by atoms with Crippen LogP contribution < -0.4 is 24.7 Å². The van der Waals surface area contributed by atoms with Crippen molar-refractivity contribution in [1.29, 1.82) is 0 Å². The predicted molar refractivity (Wildman–Crippen MR) is 89.2 cm³/mol. The van der Waals surface area contributed by atoms with Gasteiger partial charge in [-0.1, -0.05) is 0 Å². The molecule has 2 saturated heterocycles. The van der Waals surface area contributed by atoms with Crippen LogP contribution in [0.5, 0.6) is 5.75 Å². The number of carbonyl (C=O) groups excluding carboxylic acids is 1. The first-order valence-corrected chi connectivity index (χ1v) is 11.2. The second-order valence-electron chi connectivity index (χ2n) is 7.20. The summed E-state index contributed by atoms with van der Waals surface area (Å²) in [5.74, 6) is -0.647. The molecule has 0 spiro atoms. The van der Waals surface area contributed by atoms with Crippen LogP contribution in [0.2, 0.25) is 5.02 Å². The first-order chi connectivity index (χ1) is 12.6.